The second-order valence-electron chi connectivity index (χ2n) is 5.27. The zero-order valence-corrected chi connectivity index (χ0v) is 14.5. The number of hydrogen-bond acceptors (Lipinski definition) is 2. The van der Waals surface area contributed by atoms with Crippen molar-refractivity contribution in [1.82, 2.24) is 5.32 Å². The lowest BCUT2D eigenvalue weighted by molar-refractivity contribution is -0.137. The SMILES string of the molecule is O=C(CCNc1cc(C(F)(F)F)ccc1Cl)NCc1ccc(Cl)cc1. The van der Waals surface area contributed by atoms with Crippen LogP contribution in [-0.2, 0) is 17.5 Å². The third-order valence-corrected chi connectivity index (χ3v) is 3.95. The van der Waals surface area contributed by atoms with Gasteiger partial charge in [-0.15, -0.1) is 0 Å². The Hall–Kier alpha value is -1.92. The molecule has 2 aromatic rings. The highest BCUT2D eigenvalue weighted by molar-refractivity contribution is 6.33. The second kappa shape index (κ2) is 8.45. The predicted octanol–water partition coefficient (Wildman–Crippen LogP) is 5.13. The summed E-state index contributed by atoms with van der Waals surface area (Å²) in [6.45, 7) is 0.508. The average Bonchev–Trinajstić information content (AvgIpc) is 2.55. The average molecular weight is 391 g/mol. The molecule has 0 heterocycles. The third kappa shape index (κ3) is 6.14. The van der Waals surface area contributed by atoms with Gasteiger partial charge >= 0.3 is 6.18 Å². The fourth-order valence-electron chi connectivity index (χ4n) is 2.04. The van der Waals surface area contributed by atoms with Gasteiger partial charge in [-0.25, -0.2) is 0 Å². The molecular formula is C17H15Cl2F3N2O. The number of benzene rings is 2. The van der Waals surface area contributed by atoms with Crippen molar-refractivity contribution in [3.05, 3.63) is 63.6 Å². The molecule has 0 radical (unpaired) electrons. The van der Waals surface area contributed by atoms with E-state index >= 15 is 0 Å². The lowest BCUT2D eigenvalue weighted by atomic mass is 10.2. The Morgan fingerprint density at radius 2 is 1.72 bits per heavy atom. The van der Waals surface area contributed by atoms with E-state index in [0.717, 1.165) is 17.7 Å². The first kappa shape index (κ1) is 19.4. The van der Waals surface area contributed by atoms with Gasteiger partial charge in [-0.05, 0) is 35.9 Å². The molecule has 8 heteroatoms. The highest BCUT2D eigenvalue weighted by Crippen LogP contribution is 2.33. The van der Waals surface area contributed by atoms with E-state index in [1.54, 1.807) is 24.3 Å². The Balaban J connectivity index is 1.82. The number of rotatable bonds is 6. The molecular weight excluding hydrogens is 376 g/mol. The molecule has 25 heavy (non-hydrogen) atoms. The number of carbonyl (C=O) groups is 1. The van der Waals surface area contributed by atoms with Gasteiger partial charge in [0.1, 0.15) is 0 Å². The topological polar surface area (TPSA) is 41.1 Å². The molecule has 0 spiro atoms. The van der Waals surface area contributed by atoms with Crippen LogP contribution in [0.5, 0.6) is 0 Å². The highest BCUT2D eigenvalue weighted by atomic mass is 35.5. The minimum atomic E-state index is -4.45. The summed E-state index contributed by atoms with van der Waals surface area (Å²) in [5.41, 5.74) is 0.236. The highest BCUT2D eigenvalue weighted by Gasteiger charge is 2.30. The van der Waals surface area contributed by atoms with Crippen molar-refractivity contribution in [2.75, 3.05) is 11.9 Å². The molecule has 0 aliphatic rings. The first-order valence-electron chi connectivity index (χ1n) is 7.37. The van der Waals surface area contributed by atoms with E-state index in [0.29, 0.717) is 11.6 Å². The van der Waals surface area contributed by atoms with Crippen LogP contribution >= 0.6 is 23.2 Å². The zero-order valence-electron chi connectivity index (χ0n) is 13.0. The number of anilines is 1. The molecule has 1 amide bonds. The molecule has 134 valence electrons. The van der Waals surface area contributed by atoms with Gasteiger partial charge in [-0.1, -0.05) is 35.3 Å². The summed E-state index contributed by atoms with van der Waals surface area (Å²) >= 11 is 11.7. The molecule has 0 saturated heterocycles. The zero-order chi connectivity index (χ0) is 18.4. The van der Waals surface area contributed by atoms with Crippen molar-refractivity contribution in [3.8, 4) is 0 Å². The minimum absolute atomic E-state index is 0.0974. The minimum Gasteiger partial charge on any atom is -0.383 e. The summed E-state index contributed by atoms with van der Waals surface area (Å²) in [6.07, 6.45) is -4.35. The number of carbonyl (C=O) groups excluding carboxylic acids is 1. The molecule has 2 N–H and O–H groups in total. The first-order valence-corrected chi connectivity index (χ1v) is 8.13. The molecule has 3 nitrogen and oxygen atoms in total. The van der Waals surface area contributed by atoms with Gasteiger partial charge in [0.2, 0.25) is 5.91 Å². The summed E-state index contributed by atoms with van der Waals surface area (Å²) in [5.74, 6) is -0.231. The molecule has 0 saturated carbocycles. The summed E-state index contributed by atoms with van der Waals surface area (Å²) in [4.78, 5) is 11.8. The maximum atomic E-state index is 12.7. The van der Waals surface area contributed by atoms with Crippen molar-refractivity contribution >= 4 is 34.8 Å². The van der Waals surface area contributed by atoms with E-state index in [2.05, 4.69) is 10.6 Å². The van der Waals surface area contributed by atoms with Gasteiger partial charge in [0.15, 0.2) is 0 Å². The van der Waals surface area contributed by atoms with Gasteiger partial charge in [-0.2, -0.15) is 13.2 Å². The van der Waals surface area contributed by atoms with Gasteiger partial charge < -0.3 is 10.6 Å². The summed E-state index contributed by atoms with van der Waals surface area (Å²) in [5, 5.41) is 6.24. The second-order valence-corrected chi connectivity index (χ2v) is 6.12. The molecule has 0 fully saturated rings. The van der Waals surface area contributed by atoms with E-state index < -0.39 is 11.7 Å². The van der Waals surface area contributed by atoms with Crippen LogP contribution in [-0.4, -0.2) is 12.5 Å². The number of amides is 1. The number of halogens is 5. The fourth-order valence-corrected chi connectivity index (χ4v) is 2.35. The number of hydrogen-bond donors (Lipinski definition) is 2. The normalized spacial score (nSPS) is 11.2. The van der Waals surface area contributed by atoms with Crippen LogP contribution in [0.4, 0.5) is 18.9 Å². The largest absolute Gasteiger partial charge is 0.416 e. The first-order chi connectivity index (χ1) is 11.8. The quantitative estimate of drug-likeness (QED) is 0.717. The van der Waals surface area contributed by atoms with E-state index in [4.69, 9.17) is 23.2 Å². The smallest absolute Gasteiger partial charge is 0.383 e. The van der Waals surface area contributed by atoms with E-state index in [-0.39, 0.29) is 29.6 Å². The fraction of sp³-hybridized carbons (Fsp3) is 0.235. The Bertz CT molecular complexity index is 734. The molecule has 0 unspecified atom stereocenters. The van der Waals surface area contributed by atoms with Gasteiger partial charge in [0.25, 0.3) is 0 Å². The molecule has 0 atom stereocenters. The van der Waals surface area contributed by atoms with Crippen molar-refractivity contribution in [3.63, 3.8) is 0 Å². The molecule has 2 rings (SSSR count). The lowest BCUT2D eigenvalue weighted by Crippen LogP contribution is -2.24. The molecule has 0 aliphatic heterocycles. The van der Waals surface area contributed by atoms with Gasteiger partial charge in [0.05, 0.1) is 16.3 Å². The molecule has 0 aromatic heterocycles. The maximum absolute atomic E-state index is 12.7. The Morgan fingerprint density at radius 3 is 2.36 bits per heavy atom. The van der Waals surface area contributed by atoms with Crippen LogP contribution in [0.3, 0.4) is 0 Å². The van der Waals surface area contributed by atoms with Crippen LogP contribution in [0.1, 0.15) is 17.5 Å². The molecule has 2 aromatic carbocycles. The Kier molecular flexibility index (Phi) is 6.56. The standard InChI is InChI=1S/C17H15Cl2F3N2O/c18-13-4-1-11(2-5-13)10-24-16(25)7-8-23-15-9-12(17(20,21)22)3-6-14(15)19/h1-6,9,23H,7-8,10H2,(H,24,25). The van der Waals surface area contributed by atoms with Gasteiger partial charge in [-0.3, -0.25) is 4.79 Å². The summed E-state index contributed by atoms with van der Waals surface area (Å²) < 4.78 is 38.1. The summed E-state index contributed by atoms with van der Waals surface area (Å²) in [6, 6.07) is 10.0. The van der Waals surface area contributed by atoms with Crippen LogP contribution < -0.4 is 10.6 Å². The Morgan fingerprint density at radius 1 is 1.04 bits per heavy atom. The van der Waals surface area contributed by atoms with Crippen LogP contribution in [0.25, 0.3) is 0 Å². The summed E-state index contributed by atoms with van der Waals surface area (Å²) in [7, 11) is 0. The lowest BCUT2D eigenvalue weighted by Gasteiger charge is -2.12. The van der Waals surface area contributed by atoms with E-state index in [1.165, 1.54) is 6.07 Å². The van der Waals surface area contributed by atoms with Crippen LogP contribution in [0.15, 0.2) is 42.5 Å². The van der Waals surface area contributed by atoms with Crippen LogP contribution in [0, 0.1) is 0 Å². The Labute approximate surface area is 153 Å². The van der Waals surface area contributed by atoms with Crippen molar-refractivity contribution < 1.29 is 18.0 Å². The number of nitrogens with one attached hydrogen (secondary N) is 2. The molecule has 0 aliphatic carbocycles. The van der Waals surface area contributed by atoms with Crippen molar-refractivity contribution in [2.45, 2.75) is 19.1 Å². The number of alkyl halides is 3. The van der Waals surface area contributed by atoms with Crippen molar-refractivity contribution in [2.24, 2.45) is 0 Å². The van der Waals surface area contributed by atoms with Crippen LogP contribution in [0.2, 0.25) is 10.0 Å². The van der Waals surface area contributed by atoms with Crippen molar-refractivity contribution in [1.29, 1.82) is 0 Å². The third-order valence-electron chi connectivity index (χ3n) is 3.36. The van der Waals surface area contributed by atoms with E-state index in [1.807, 2.05) is 0 Å². The maximum Gasteiger partial charge on any atom is 0.416 e. The monoisotopic (exact) mass is 390 g/mol. The van der Waals surface area contributed by atoms with Gasteiger partial charge in [0, 0.05) is 24.5 Å². The molecule has 0 bridgehead atoms. The predicted molar refractivity (Wildman–Crippen MR) is 92.9 cm³/mol. The van der Waals surface area contributed by atoms with E-state index in [9.17, 15) is 18.0 Å².